The molecule has 1 aliphatic rings. The zero-order valence-electron chi connectivity index (χ0n) is 16.2. The largest absolute Gasteiger partial charge is 0.495 e. The van der Waals surface area contributed by atoms with Crippen LogP contribution in [0.2, 0.25) is 0 Å². The fraction of sp³-hybridized carbons (Fsp3) is 0.350. The number of hydrogen-bond donors (Lipinski definition) is 1. The van der Waals surface area contributed by atoms with Crippen LogP contribution < -0.4 is 10.1 Å². The number of sulfonamides is 1. The minimum Gasteiger partial charge on any atom is -0.495 e. The number of benzene rings is 2. The maximum atomic E-state index is 13.2. The van der Waals surface area contributed by atoms with Gasteiger partial charge in [-0.2, -0.15) is 17.5 Å². The summed E-state index contributed by atoms with van der Waals surface area (Å²) >= 11 is 0. The standard InChI is InChI=1S/C20H21F3N2O4S/c1-29-17-10-9-14(13-18(17)30(27,28)25-11-5-2-6-12-25)19(26)24-16-8-4-3-7-15(16)20(21,22)23/h3-4,7-10,13H,2,5-6,11-12H2,1H3,(H,24,26). The van der Waals surface area contributed by atoms with E-state index in [0.29, 0.717) is 13.1 Å². The number of ether oxygens (including phenoxy) is 1. The van der Waals surface area contributed by atoms with Gasteiger partial charge in [0.1, 0.15) is 10.6 Å². The molecule has 10 heteroatoms. The van der Waals surface area contributed by atoms with Crippen molar-refractivity contribution in [3.63, 3.8) is 0 Å². The summed E-state index contributed by atoms with van der Waals surface area (Å²) in [4.78, 5) is 12.4. The highest BCUT2D eigenvalue weighted by molar-refractivity contribution is 7.89. The second-order valence-electron chi connectivity index (χ2n) is 6.83. The van der Waals surface area contributed by atoms with Crippen molar-refractivity contribution in [3.05, 3.63) is 53.6 Å². The minimum atomic E-state index is -4.65. The number of nitrogens with one attached hydrogen (secondary N) is 1. The molecule has 0 aliphatic carbocycles. The normalized spacial score (nSPS) is 15.6. The Balaban J connectivity index is 1.95. The predicted octanol–water partition coefficient (Wildman–Crippen LogP) is 4.14. The van der Waals surface area contributed by atoms with Crippen LogP contribution in [0.5, 0.6) is 5.75 Å². The predicted molar refractivity (Wildman–Crippen MR) is 105 cm³/mol. The van der Waals surface area contributed by atoms with Crippen LogP contribution in [0.15, 0.2) is 47.4 Å². The van der Waals surface area contributed by atoms with E-state index in [9.17, 15) is 26.4 Å². The first-order valence-electron chi connectivity index (χ1n) is 9.30. The van der Waals surface area contributed by atoms with Crippen LogP contribution in [0, 0.1) is 0 Å². The first kappa shape index (κ1) is 22.1. The molecule has 6 nitrogen and oxygen atoms in total. The van der Waals surface area contributed by atoms with Gasteiger partial charge >= 0.3 is 6.18 Å². The molecule has 30 heavy (non-hydrogen) atoms. The van der Waals surface area contributed by atoms with Gasteiger partial charge in [0, 0.05) is 18.7 Å². The van der Waals surface area contributed by atoms with E-state index in [1.807, 2.05) is 0 Å². The number of hydrogen-bond acceptors (Lipinski definition) is 4. The van der Waals surface area contributed by atoms with E-state index in [0.717, 1.165) is 37.5 Å². The molecule has 2 aromatic carbocycles. The maximum Gasteiger partial charge on any atom is 0.418 e. The Hall–Kier alpha value is -2.59. The van der Waals surface area contributed by atoms with Gasteiger partial charge in [-0.3, -0.25) is 4.79 Å². The van der Waals surface area contributed by atoms with Gasteiger partial charge < -0.3 is 10.1 Å². The molecule has 0 unspecified atom stereocenters. The Morgan fingerprint density at radius 2 is 1.73 bits per heavy atom. The molecule has 1 heterocycles. The quantitative estimate of drug-likeness (QED) is 0.755. The minimum absolute atomic E-state index is 0.0628. The van der Waals surface area contributed by atoms with Gasteiger partial charge in [0.05, 0.1) is 18.4 Å². The topological polar surface area (TPSA) is 75.7 Å². The van der Waals surface area contributed by atoms with Crippen molar-refractivity contribution >= 4 is 21.6 Å². The van der Waals surface area contributed by atoms with Crippen LogP contribution in [-0.2, 0) is 16.2 Å². The van der Waals surface area contributed by atoms with Crippen molar-refractivity contribution < 1.29 is 31.1 Å². The average molecular weight is 442 g/mol. The highest BCUT2D eigenvalue weighted by atomic mass is 32.2. The summed E-state index contributed by atoms with van der Waals surface area (Å²) in [5.74, 6) is -0.794. The van der Waals surface area contributed by atoms with Crippen LogP contribution in [0.25, 0.3) is 0 Å². The molecular weight excluding hydrogens is 421 g/mol. The lowest BCUT2D eigenvalue weighted by atomic mass is 10.1. The SMILES string of the molecule is COc1ccc(C(=O)Nc2ccccc2C(F)(F)F)cc1S(=O)(=O)N1CCCCC1. The van der Waals surface area contributed by atoms with Gasteiger partial charge in [0.2, 0.25) is 10.0 Å². The second kappa shape index (κ2) is 8.65. The van der Waals surface area contributed by atoms with E-state index in [2.05, 4.69) is 5.32 Å². The number of methoxy groups -OCH3 is 1. The number of piperidine rings is 1. The molecule has 1 amide bonds. The van der Waals surface area contributed by atoms with Gasteiger partial charge in [-0.1, -0.05) is 18.6 Å². The van der Waals surface area contributed by atoms with E-state index in [4.69, 9.17) is 4.74 Å². The zero-order valence-corrected chi connectivity index (χ0v) is 17.0. The van der Waals surface area contributed by atoms with E-state index in [1.165, 1.54) is 35.7 Å². The molecular formula is C20H21F3N2O4S. The van der Waals surface area contributed by atoms with Gasteiger partial charge in [-0.15, -0.1) is 0 Å². The van der Waals surface area contributed by atoms with Crippen LogP contribution in [0.3, 0.4) is 0 Å². The first-order valence-corrected chi connectivity index (χ1v) is 10.7. The molecule has 0 spiro atoms. The Labute approximate surface area is 172 Å². The lowest BCUT2D eigenvalue weighted by Gasteiger charge is -2.26. The Bertz CT molecular complexity index is 1030. The van der Waals surface area contributed by atoms with Gasteiger partial charge in [0.15, 0.2) is 0 Å². The zero-order chi connectivity index (χ0) is 21.9. The monoisotopic (exact) mass is 442 g/mol. The molecule has 1 N–H and O–H groups in total. The van der Waals surface area contributed by atoms with Crippen LogP contribution >= 0.6 is 0 Å². The van der Waals surface area contributed by atoms with Crippen LogP contribution in [0.4, 0.5) is 18.9 Å². The summed E-state index contributed by atoms with van der Waals surface area (Å²) in [6.07, 6.45) is -2.25. The molecule has 0 radical (unpaired) electrons. The summed E-state index contributed by atoms with van der Waals surface area (Å²) in [7, 11) is -2.61. The highest BCUT2D eigenvalue weighted by Crippen LogP contribution is 2.35. The third-order valence-electron chi connectivity index (χ3n) is 4.84. The number of rotatable bonds is 5. The van der Waals surface area contributed by atoms with Crippen molar-refractivity contribution in [1.29, 1.82) is 0 Å². The average Bonchev–Trinajstić information content (AvgIpc) is 2.73. The Morgan fingerprint density at radius 3 is 2.37 bits per heavy atom. The van der Waals surface area contributed by atoms with Crippen LogP contribution in [-0.4, -0.2) is 38.8 Å². The molecule has 1 aliphatic heterocycles. The lowest BCUT2D eigenvalue weighted by molar-refractivity contribution is -0.136. The molecule has 2 aromatic rings. The van der Waals surface area contributed by atoms with Crippen molar-refractivity contribution in [2.75, 3.05) is 25.5 Å². The van der Waals surface area contributed by atoms with Crippen molar-refractivity contribution in [2.45, 2.75) is 30.3 Å². The number of carbonyl (C=O) groups is 1. The number of para-hydroxylation sites is 1. The van der Waals surface area contributed by atoms with Gasteiger partial charge in [-0.05, 0) is 43.2 Å². The third kappa shape index (κ3) is 4.59. The smallest absolute Gasteiger partial charge is 0.418 e. The Kier molecular flexibility index (Phi) is 6.37. The molecule has 0 aromatic heterocycles. The first-order chi connectivity index (χ1) is 14.1. The van der Waals surface area contributed by atoms with E-state index in [-0.39, 0.29) is 16.2 Å². The van der Waals surface area contributed by atoms with Crippen molar-refractivity contribution in [1.82, 2.24) is 4.31 Å². The molecule has 0 bridgehead atoms. The Morgan fingerprint density at radius 1 is 1.07 bits per heavy atom. The summed E-state index contributed by atoms with van der Waals surface area (Å²) in [5, 5.41) is 2.22. The van der Waals surface area contributed by atoms with Crippen molar-refractivity contribution in [2.24, 2.45) is 0 Å². The summed E-state index contributed by atoms with van der Waals surface area (Å²) in [5.41, 5.74) is -1.50. The number of nitrogens with zero attached hydrogens (tertiary/aromatic N) is 1. The number of amides is 1. The number of carbonyl (C=O) groups excluding carboxylic acids is 1. The number of anilines is 1. The summed E-state index contributed by atoms with van der Waals surface area (Å²) in [6.45, 7) is 0.724. The van der Waals surface area contributed by atoms with Crippen molar-refractivity contribution in [3.8, 4) is 5.75 Å². The van der Waals surface area contributed by atoms with E-state index >= 15 is 0 Å². The molecule has 3 rings (SSSR count). The van der Waals surface area contributed by atoms with Gasteiger partial charge in [0.25, 0.3) is 5.91 Å². The van der Waals surface area contributed by atoms with E-state index < -0.39 is 33.4 Å². The third-order valence-corrected chi connectivity index (χ3v) is 6.76. The summed E-state index contributed by atoms with van der Waals surface area (Å²) in [6, 6.07) is 8.33. The maximum absolute atomic E-state index is 13.2. The molecule has 0 saturated carbocycles. The van der Waals surface area contributed by atoms with Gasteiger partial charge in [-0.25, -0.2) is 8.42 Å². The number of halogens is 3. The molecule has 162 valence electrons. The second-order valence-corrected chi connectivity index (χ2v) is 8.73. The highest BCUT2D eigenvalue weighted by Gasteiger charge is 2.34. The lowest BCUT2D eigenvalue weighted by Crippen LogP contribution is -2.35. The number of alkyl halides is 3. The molecule has 1 saturated heterocycles. The molecule has 0 atom stereocenters. The van der Waals surface area contributed by atoms with Crippen LogP contribution in [0.1, 0.15) is 35.2 Å². The van der Waals surface area contributed by atoms with E-state index in [1.54, 1.807) is 0 Å². The molecule has 1 fully saturated rings. The fourth-order valence-corrected chi connectivity index (χ4v) is 5.00. The fourth-order valence-electron chi connectivity index (χ4n) is 3.30. The summed E-state index contributed by atoms with van der Waals surface area (Å²) < 4.78 is 72.1.